The first-order valence-corrected chi connectivity index (χ1v) is 11.4. The Bertz CT molecular complexity index is 1060. The van der Waals surface area contributed by atoms with Crippen LogP contribution in [0.4, 0.5) is 11.4 Å². The van der Waals surface area contributed by atoms with E-state index in [-0.39, 0.29) is 30.6 Å². The number of fused-ring (bicyclic) bond motifs is 1. The first-order chi connectivity index (χ1) is 14.6. The van der Waals surface area contributed by atoms with E-state index >= 15 is 0 Å². The maximum Gasteiger partial charge on any atom is 0.265 e. The van der Waals surface area contributed by atoms with Gasteiger partial charge >= 0.3 is 0 Å². The van der Waals surface area contributed by atoms with Crippen LogP contribution in [0, 0.1) is 0 Å². The van der Waals surface area contributed by atoms with Crippen LogP contribution in [-0.4, -0.2) is 29.2 Å². The molecular formula is C22H21N3O3S2. The highest BCUT2D eigenvalue weighted by Gasteiger charge is 2.21. The molecule has 1 aliphatic rings. The van der Waals surface area contributed by atoms with Gasteiger partial charge in [0.05, 0.1) is 4.88 Å². The van der Waals surface area contributed by atoms with Gasteiger partial charge < -0.3 is 15.5 Å². The summed E-state index contributed by atoms with van der Waals surface area (Å²) in [5, 5.41) is 9.52. The lowest BCUT2D eigenvalue weighted by Gasteiger charge is -2.27. The van der Waals surface area contributed by atoms with Gasteiger partial charge in [-0.15, -0.1) is 22.7 Å². The second kappa shape index (κ2) is 9.23. The molecule has 0 bridgehead atoms. The summed E-state index contributed by atoms with van der Waals surface area (Å²) in [4.78, 5) is 40.7. The Hall–Kier alpha value is -2.97. The number of benzene rings is 1. The van der Waals surface area contributed by atoms with Crippen LogP contribution in [0.1, 0.15) is 33.0 Å². The van der Waals surface area contributed by atoms with Crippen LogP contribution in [-0.2, 0) is 22.6 Å². The maximum absolute atomic E-state index is 12.5. The fraction of sp³-hybridized carbons (Fsp3) is 0.227. The zero-order valence-corrected chi connectivity index (χ0v) is 17.9. The minimum absolute atomic E-state index is 0.000961. The Morgan fingerprint density at radius 3 is 2.57 bits per heavy atom. The highest BCUT2D eigenvalue weighted by atomic mass is 32.1. The molecule has 6 nitrogen and oxygen atoms in total. The van der Waals surface area contributed by atoms with E-state index in [1.807, 2.05) is 16.3 Å². The molecule has 3 aromatic rings. The van der Waals surface area contributed by atoms with Gasteiger partial charge in [-0.2, -0.15) is 0 Å². The van der Waals surface area contributed by atoms with E-state index in [2.05, 4.69) is 22.1 Å². The van der Waals surface area contributed by atoms with E-state index < -0.39 is 0 Å². The lowest BCUT2D eigenvalue weighted by Crippen LogP contribution is -2.35. The fourth-order valence-corrected chi connectivity index (χ4v) is 4.85. The zero-order chi connectivity index (χ0) is 20.9. The van der Waals surface area contributed by atoms with Gasteiger partial charge in [0.15, 0.2) is 0 Å². The molecule has 3 heterocycles. The van der Waals surface area contributed by atoms with Gasteiger partial charge in [-0.25, -0.2) is 0 Å². The predicted molar refractivity (Wildman–Crippen MR) is 120 cm³/mol. The van der Waals surface area contributed by atoms with Gasteiger partial charge in [0, 0.05) is 42.2 Å². The topological polar surface area (TPSA) is 78.5 Å². The molecule has 2 aromatic heterocycles. The summed E-state index contributed by atoms with van der Waals surface area (Å²) in [5.41, 5.74) is 2.39. The summed E-state index contributed by atoms with van der Waals surface area (Å²) in [5.74, 6) is -0.410. The van der Waals surface area contributed by atoms with Crippen LogP contribution in [0.25, 0.3) is 0 Å². The quantitative estimate of drug-likeness (QED) is 0.599. The molecule has 8 heteroatoms. The summed E-state index contributed by atoms with van der Waals surface area (Å²) in [6.07, 6.45) is 1.19. The van der Waals surface area contributed by atoms with Crippen molar-refractivity contribution in [3.8, 4) is 0 Å². The number of thiophene rings is 2. The highest BCUT2D eigenvalue weighted by Crippen LogP contribution is 2.24. The van der Waals surface area contributed by atoms with E-state index in [1.165, 1.54) is 21.8 Å². The van der Waals surface area contributed by atoms with Crippen molar-refractivity contribution in [2.24, 2.45) is 0 Å². The number of carbonyl (C=O) groups is 3. The Balaban J connectivity index is 1.27. The summed E-state index contributed by atoms with van der Waals surface area (Å²) in [7, 11) is 0. The van der Waals surface area contributed by atoms with E-state index in [0.29, 0.717) is 29.3 Å². The molecule has 30 heavy (non-hydrogen) atoms. The maximum atomic E-state index is 12.5. The number of carbonyl (C=O) groups excluding carboxylic acids is 3. The molecule has 1 aliphatic heterocycles. The SMILES string of the molecule is O=C(CCC(=O)N1CCc2sccc2C1)Nc1cccc(NC(=O)c2cccs2)c1. The first-order valence-electron chi connectivity index (χ1n) is 9.66. The van der Waals surface area contributed by atoms with Crippen molar-refractivity contribution in [1.29, 1.82) is 0 Å². The van der Waals surface area contributed by atoms with Crippen molar-refractivity contribution in [3.05, 3.63) is 68.5 Å². The van der Waals surface area contributed by atoms with Gasteiger partial charge in [0.1, 0.15) is 0 Å². The Morgan fingerprint density at radius 2 is 1.77 bits per heavy atom. The Kier molecular flexibility index (Phi) is 6.25. The molecule has 1 aromatic carbocycles. The van der Waals surface area contributed by atoms with Crippen molar-refractivity contribution in [2.45, 2.75) is 25.8 Å². The summed E-state index contributed by atoms with van der Waals surface area (Å²) >= 11 is 3.10. The lowest BCUT2D eigenvalue weighted by molar-refractivity contribution is -0.133. The number of nitrogens with one attached hydrogen (secondary N) is 2. The normalized spacial score (nSPS) is 12.9. The van der Waals surface area contributed by atoms with E-state index in [0.717, 1.165) is 6.42 Å². The van der Waals surface area contributed by atoms with E-state index in [4.69, 9.17) is 0 Å². The minimum Gasteiger partial charge on any atom is -0.338 e. The van der Waals surface area contributed by atoms with E-state index in [1.54, 1.807) is 41.7 Å². The van der Waals surface area contributed by atoms with Crippen molar-refractivity contribution < 1.29 is 14.4 Å². The summed E-state index contributed by atoms with van der Waals surface area (Å²) < 4.78 is 0. The summed E-state index contributed by atoms with van der Waals surface area (Å²) in [6.45, 7) is 1.34. The van der Waals surface area contributed by atoms with Crippen LogP contribution < -0.4 is 10.6 Å². The molecule has 0 saturated carbocycles. The first kappa shape index (κ1) is 20.3. The van der Waals surface area contributed by atoms with Crippen molar-refractivity contribution in [2.75, 3.05) is 17.2 Å². The van der Waals surface area contributed by atoms with Gasteiger partial charge in [-0.1, -0.05) is 12.1 Å². The molecule has 154 valence electrons. The zero-order valence-electron chi connectivity index (χ0n) is 16.2. The molecule has 0 unspecified atom stereocenters. The van der Waals surface area contributed by atoms with Gasteiger partial charge in [0.2, 0.25) is 11.8 Å². The molecule has 0 spiro atoms. The average Bonchev–Trinajstić information content (AvgIpc) is 3.43. The van der Waals surface area contributed by atoms with Crippen molar-refractivity contribution in [3.63, 3.8) is 0 Å². The largest absolute Gasteiger partial charge is 0.338 e. The van der Waals surface area contributed by atoms with Crippen molar-refractivity contribution >= 4 is 51.8 Å². The molecule has 0 aliphatic carbocycles. The van der Waals surface area contributed by atoms with Crippen LogP contribution in [0.15, 0.2) is 53.2 Å². The van der Waals surface area contributed by atoms with Crippen LogP contribution in [0.5, 0.6) is 0 Å². The third-order valence-corrected chi connectivity index (χ3v) is 6.77. The molecule has 4 rings (SSSR count). The van der Waals surface area contributed by atoms with Gasteiger partial charge in [-0.05, 0) is 53.1 Å². The molecule has 0 fully saturated rings. The predicted octanol–water partition coefficient (Wildman–Crippen LogP) is 4.37. The number of hydrogen-bond acceptors (Lipinski definition) is 5. The summed E-state index contributed by atoms with van der Waals surface area (Å²) in [6, 6.07) is 12.6. The molecule has 3 amide bonds. The van der Waals surface area contributed by atoms with Crippen molar-refractivity contribution in [1.82, 2.24) is 4.90 Å². The molecule has 0 atom stereocenters. The smallest absolute Gasteiger partial charge is 0.265 e. The third-order valence-electron chi connectivity index (χ3n) is 4.88. The molecule has 2 N–H and O–H groups in total. The van der Waals surface area contributed by atoms with Crippen LogP contribution in [0.3, 0.4) is 0 Å². The number of hydrogen-bond donors (Lipinski definition) is 2. The molecule has 0 radical (unpaired) electrons. The average molecular weight is 440 g/mol. The Labute approximate surface area is 182 Å². The standard InChI is InChI=1S/C22H21N3O3S2/c26-20(6-7-21(27)25-10-8-18-15(14-25)9-12-30-18)23-16-3-1-4-17(13-16)24-22(28)19-5-2-11-29-19/h1-5,9,11-13H,6-8,10,14H2,(H,23,26)(H,24,28). The van der Waals surface area contributed by atoms with Gasteiger partial charge in [-0.3, -0.25) is 14.4 Å². The molecule has 0 saturated heterocycles. The molecular weight excluding hydrogens is 418 g/mol. The van der Waals surface area contributed by atoms with Gasteiger partial charge in [0.25, 0.3) is 5.91 Å². The number of anilines is 2. The van der Waals surface area contributed by atoms with Crippen LogP contribution >= 0.6 is 22.7 Å². The highest BCUT2D eigenvalue weighted by molar-refractivity contribution is 7.12. The lowest BCUT2D eigenvalue weighted by atomic mass is 10.1. The second-order valence-electron chi connectivity index (χ2n) is 6.99. The third kappa shape index (κ3) is 4.95. The Morgan fingerprint density at radius 1 is 0.933 bits per heavy atom. The van der Waals surface area contributed by atoms with Crippen LogP contribution in [0.2, 0.25) is 0 Å². The number of nitrogens with zero attached hydrogens (tertiary/aromatic N) is 1. The fourth-order valence-electron chi connectivity index (χ4n) is 3.34. The van der Waals surface area contributed by atoms with E-state index in [9.17, 15) is 14.4 Å². The number of amides is 3. The second-order valence-corrected chi connectivity index (χ2v) is 8.94. The number of rotatable bonds is 6. The monoisotopic (exact) mass is 439 g/mol. The minimum atomic E-state index is -0.224.